The molecule has 148 valence electrons. The lowest BCUT2D eigenvalue weighted by Gasteiger charge is -2.17. The van der Waals surface area contributed by atoms with Crippen molar-refractivity contribution >= 4 is 40.9 Å². The fourth-order valence-corrected chi connectivity index (χ4v) is 3.18. The first-order chi connectivity index (χ1) is 13.4. The Balaban J connectivity index is 1.50. The maximum absolute atomic E-state index is 12.2. The van der Waals surface area contributed by atoms with E-state index in [1.165, 1.54) is 4.90 Å². The number of halogens is 2. The standard InChI is InChI=1S/C19H20Cl2N4O3/c1-24(11-13-4-5-14(20)15(21)10-13)18(26)12-28-19(27)16-6-7-17(23-22-16)25-8-2-3-9-25/h4-7,10H,2-3,8-9,11-12H2,1H3. The second kappa shape index (κ2) is 9.21. The molecule has 1 amide bonds. The minimum Gasteiger partial charge on any atom is -0.451 e. The molecule has 1 fully saturated rings. The smallest absolute Gasteiger partial charge is 0.359 e. The molecule has 1 aromatic heterocycles. The van der Waals surface area contributed by atoms with E-state index in [0.717, 1.165) is 37.3 Å². The van der Waals surface area contributed by atoms with Crippen LogP contribution in [0.4, 0.5) is 5.82 Å². The van der Waals surface area contributed by atoms with Gasteiger partial charge in [0.15, 0.2) is 18.1 Å². The lowest BCUT2D eigenvalue weighted by atomic mass is 10.2. The highest BCUT2D eigenvalue weighted by molar-refractivity contribution is 6.42. The Kier molecular flexibility index (Phi) is 6.70. The number of aromatic nitrogens is 2. The lowest BCUT2D eigenvalue weighted by Crippen LogP contribution is -2.31. The number of carbonyl (C=O) groups is 2. The van der Waals surface area contributed by atoms with Crippen molar-refractivity contribution in [2.45, 2.75) is 19.4 Å². The van der Waals surface area contributed by atoms with Crippen molar-refractivity contribution in [2.75, 3.05) is 31.6 Å². The number of nitrogens with zero attached hydrogens (tertiary/aromatic N) is 4. The van der Waals surface area contributed by atoms with E-state index in [1.54, 1.807) is 37.4 Å². The molecule has 1 aliphatic rings. The van der Waals surface area contributed by atoms with Crippen LogP contribution in [0.5, 0.6) is 0 Å². The highest BCUT2D eigenvalue weighted by Gasteiger charge is 2.18. The largest absolute Gasteiger partial charge is 0.451 e. The molecule has 3 rings (SSSR count). The molecule has 0 saturated carbocycles. The average Bonchev–Trinajstić information content (AvgIpc) is 3.23. The summed E-state index contributed by atoms with van der Waals surface area (Å²) < 4.78 is 5.06. The van der Waals surface area contributed by atoms with Crippen molar-refractivity contribution < 1.29 is 14.3 Å². The van der Waals surface area contributed by atoms with Crippen LogP contribution in [0, 0.1) is 0 Å². The van der Waals surface area contributed by atoms with E-state index < -0.39 is 5.97 Å². The molecule has 9 heteroatoms. The van der Waals surface area contributed by atoms with Crippen molar-refractivity contribution in [3.8, 4) is 0 Å². The van der Waals surface area contributed by atoms with Gasteiger partial charge in [-0.2, -0.15) is 0 Å². The Labute approximate surface area is 173 Å². The molecule has 28 heavy (non-hydrogen) atoms. The van der Waals surface area contributed by atoms with Gasteiger partial charge in [-0.1, -0.05) is 29.3 Å². The fraction of sp³-hybridized carbons (Fsp3) is 0.368. The second-order valence-corrected chi connectivity index (χ2v) is 7.36. The van der Waals surface area contributed by atoms with Crippen LogP contribution in [0.2, 0.25) is 10.0 Å². The van der Waals surface area contributed by atoms with E-state index in [2.05, 4.69) is 15.1 Å². The topological polar surface area (TPSA) is 75.6 Å². The quantitative estimate of drug-likeness (QED) is 0.665. The monoisotopic (exact) mass is 422 g/mol. The van der Waals surface area contributed by atoms with Crippen LogP contribution in [-0.4, -0.2) is 53.7 Å². The summed E-state index contributed by atoms with van der Waals surface area (Å²) >= 11 is 11.9. The molecule has 1 aliphatic heterocycles. The number of hydrogen-bond acceptors (Lipinski definition) is 6. The highest BCUT2D eigenvalue weighted by atomic mass is 35.5. The molecule has 2 heterocycles. The fourth-order valence-electron chi connectivity index (χ4n) is 2.86. The molecule has 0 spiro atoms. The lowest BCUT2D eigenvalue weighted by molar-refractivity contribution is -0.133. The Bertz CT molecular complexity index is 855. The van der Waals surface area contributed by atoms with E-state index in [9.17, 15) is 9.59 Å². The van der Waals surface area contributed by atoms with Gasteiger partial charge in [0.1, 0.15) is 0 Å². The molecule has 7 nitrogen and oxygen atoms in total. The summed E-state index contributed by atoms with van der Waals surface area (Å²) in [4.78, 5) is 27.9. The van der Waals surface area contributed by atoms with Gasteiger partial charge in [-0.3, -0.25) is 4.79 Å². The maximum atomic E-state index is 12.2. The summed E-state index contributed by atoms with van der Waals surface area (Å²) in [5.41, 5.74) is 0.892. The molecule has 0 unspecified atom stereocenters. The van der Waals surface area contributed by atoms with Gasteiger partial charge in [0, 0.05) is 26.7 Å². The van der Waals surface area contributed by atoms with Crippen molar-refractivity contribution in [3.63, 3.8) is 0 Å². The summed E-state index contributed by atoms with van der Waals surface area (Å²) in [6.45, 7) is 1.82. The third-order valence-electron chi connectivity index (χ3n) is 4.45. The number of esters is 1. The van der Waals surface area contributed by atoms with Gasteiger partial charge in [-0.15, -0.1) is 10.2 Å². The van der Waals surface area contributed by atoms with Crippen LogP contribution >= 0.6 is 23.2 Å². The maximum Gasteiger partial charge on any atom is 0.359 e. The molecule has 0 N–H and O–H groups in total. The Morgan fingerprint density at radius 1 is 1.11 bits per heavy atom. The number of anilines is 1. The molecule has 2 aromatic rings. The van der Waals surface area contributed by atoms with Gasteiger partial charge in [-0.05, 0) is 42.7 Å². The molecule has 1 saturated heterocycles. The number of hydrogen-bond donors (Lipinski definition) is 0. The van der Waals surface area contributed by atoms with Gasteiger partial charge in [-0.25, -0.2) is 4.79 Å². The first kappa shape index (κ1) is 20.4. The van der Waals surface area contributed by atoms with Crippen LogP contribution in [0.15, 0.2) is 30.3 Å². The minimum absolute atomic E-state index is 0.0721. The number of rotatable bonds is 6. The Hall–Kier alpha value is -2.38. The molecule has 0 radical (unpaired) electrons. The normalized spacial score (nSPS) is 13.5. The van der Waals surface area contributed by atoms with Gasteiger partial charge in [0.05, 0.1) is 10.0 Å². The second-order valence-electron chi connectivity index (χ2n) is 6.55. The van der Waals surface area contributed by atoms with E-state index in [4.69, 9.17) is 27.9 Å². The molecule has 0 aliphatic carbocycles. The third kappa shape index (κ3) is 5.11. The summed E-state index contributed by atoms with van der Waals surface area (Å²) in [6.07, 6.45) is 2.26. The van der Waals surface area contributed by atoms with E-state index in [-0.39, 0.29) is 18.2 Å². The van der Waals surface area contributed by atoms with E-state index in [1.807, 2.05) is 0 Å². The molecule has 0 atom stereocenters. The van der Waals surface area contributed by atoms with Gasteiger partial charge in [0.2, 0.25) is 0 Å². The average molecular weight is 423 g/mol. The summed E-state index contributed by atoms with van der Waals surface area (Å²) in [6, 6.07) is 8.45. The van der Waals surface area contributed by atoms with Gasteiger partial charge >= 0.3 is 5.97 Å². The first-order valence-electron chi connectivity index (χ1n) is 8.88. The van der Waals surface area contributed by atoms with Crippen LogP contribution in [0.25, 0.3) is 0 Å². The van der Waals surface area contributed by atoms with Crippen molar-refractivity contribution in [1.82, 2.24) is 15.1 Å². The summed E-state index contributed by atoms with van der Waals surface area (Å²) in [5.74, 6) is -0.288. The molecule has 1 aromatic carbocycles. The summed E-state index contributed by atoms with van der Waals surface area (Å²) in [7, 11) is 1.61. The number of carbonyl (C=O) groups excluding carboxylic acids is 2. The first-order valence-corrected chi connectivity index (χ1v) is 9.63. The van der Waals surface area contributed by atoms with Crippen molar-refractivity contribution in [3.05, 3.63) is 51.6 Å². The number of ether oxygens (including phenoxy) is 1. The Morgan fingerprint density at radius 2 is 1.86 bits per heavy atom. The van der Waals surface area contributed by atoms with Crippen molar-refractivity contribution in [1.29, 1.82) is 0 Å². The number of benzene rings is 1. The van der Waals surface area contributed by atoms with E-state index >= 15 is 0 Å². The van der Waals surface area contributed by atoms with Crippen LogP contribution < -0.4 is 4.90 Å². The van der Waals surface area contributed by atoms with Gasteiger partial charge < -0.3 is 14.5 Å². The highest BCUT2D eigenvalue weighted by Crippen LogP contribution is 2.23. The minimum atomic E-state index is -0.684. The molecular formula is C19H20Cl2N4O3. The molecular weight excluding hydrogens is 403 g/mol. The zero-order chi connectivity index (χ0) is 20.1. The summed E-state index contributed by atoms with van der Waals surface area (Å²) in [5, 5.41) is 8.85. The van der Waals surface area contributed by atoms with Crippen LogP contribution in [0.1, 0.15) is 28.9 Å². The number of amides is 1. The third-order valence-corrected chi connectivity index (χ3v) is 5.18. The zero-order valence-corrected chi connectivity index (χ0v) is 16.9. The van der Waals surface area contributed by atoms with Crippen LogP contribution in [0.3, 0.4) is 0 Å². The van der Waals surface area contributed by atoms with Crippen molar-refractivity contribution in [2.24, 2.45) is 0 Å². The number of likely N-dealkylation sites (N-methyl/N-ethyl adjacent to an activating group) is 1. The predicted octanol–water partition coefficient (Wildman–Crippen LogP) is 3.20. The SMILES string of the molecule is CN(Cc1ccc(Cl)c(Cl)c1)C(=O)COC(=O)c1ccc(N2CCCC2)nn1. The van der Waals surface area contributed by atoms with Crippen LogP contribution in [-0.2, 0) is 16.1 Å². The van der Waals surface area contributed by atoms with E-state index in [0.29, 0.717) is 16.6 Å². The zero-order valence-electron chi connectivity index (χ0n) is 15.4. The van der Waals surface area contributed by atoms with Gasteiger partial charge in [0.25, 0.3) is 5.91 Å². The Morgan fingerprint density at radius 3 is 2.50 bits per heavy atom. The predicted molar refractivity (Wildman–Crippen MR) is 107 cm³/mol. The molecule has 0 bridgehead atoms.